The van der Waals surface area contributed by atoms with Gasteiger partial charge in [-0.1, -0.05) is 0 Å². The Balaban J connectivity index is 2.42. The Morgan fingerprint density at radius 2 is 2.28 bits per heavy atom. The molecule has 0 aromatic carbocycles. The molecule has 0 fully saturated rings. The van der Waals surface area contributed by atoms with E-state index in [2.05, 4.69) is 25.3 Å². The van der Waals surface area contributed by atoms with Gasteiger partial charge in [-0.15, -0.1) is 0 Å². The third kappa shape index (κ3) is 2.51. The van der Waals surface area contributed by atoms with Crippen molar-refractivity contribution >= 4 is 22.9 Å². The molecule has 2 heterocycles. The second-order valence-electron chi connectivity index (χ2n) is 4.23. The molecule has 2 rings (SSSR count). The minimum atomic E-state index is -0.425. The SMILES string of the molecule is CCNc1nc(N(C)CC(C)O)c2[nH]cnc2n1. The van der Waals surface area contributed by atoms with E-state index in [1.165, 1.54) is 0 Å². The lowest BCUT2D eigenvalue weighted by Crippen LogP contribution is -2.28. The maximum Gasteiger partial charge on any atom is 0.226 e. The van der Waals surface area contributed by atoms with Gasteiger partial charge in [0.25, 0.3) is 0 Å². The van der Waals surface area contributed by atoms with Crippen LogP contribution in [-0.2, 0) is 0 Å². The van der Waals surface area contributed by atoms with Crippen molar-refractivity contribution in [2.24, 2.45) is 0 Å². The van der Waals surface area contributed by atoms with Crippen LogP contribution in [-0.4, -0.2) is 51.3 Å². The standard InChI is InChI=1S/C11H18N6O/c1-4-12-11-15-9-8(13-6-14-9)10(16-11)17(3)5-7(2)18/h6-7,18H,4-5H2,1-3H3,(H2,12,13,14,15,16). The summed E-state index contributed by atoms with van der Waals surface area (Å²) in [6.07, 6.45) is 1.17. The van der Waals surface area contributed by atoms with Crippen LogP contribution in [0.1, 0.15) is 13.8 Å². The number of rotatable bonds is 5. The van der Waals surface area contributed by atoms with Gasteiger partial charge >= 0.3 is 0 Å². The summed E-state index contributed by atoms with van der Waals surface area (Å²) < 4.78 is 0. The molecule has 2 aromatic rings. The number of nitrogens with one attached hydrogen (secondary N) is 2. The maximum atomic E-state index is 9.45. The van der Waals surface area contributed by atoms with Crippen LogP contribution in [0.3, 0.4) is 0 Å². The summed E-state index contributed by atoms with van der Waals surface area (Å²) in [6, 6.07) is 0. The number of aromatic amines is 1. The topological polar surface area (TPSA) is 90.0 Å². The molecule has 98 valence electrons. The molecule has 0 aliphatic rings. The van der Waals surface area contributed by atoms with Crippen molar-refractivity contribution < 1.29 is 5.11 Å². The first-order valence-electron chi connectivity index (χ1n) is 5.96. The smallest absolute Gasteiger partial charge is 0.226 e. The van der Waals surface area contributed by atoms with Gasteiger partial charge in [0.05, 0.1) is 12.4 Å². The number of nitrogens with zero attached hydrogens (tertiary/aromatic N) is 4. The van der Waals surface area contributed by atoms with Crippen molar-refractivity contribution in [2.45, 2.75) is 20.0 Å². The summed E-state index contributed by atoms with van der Waals surface area (Å²) >= 11 is 0. The molecule has 0 aliphatic heterocycles. The fourth-order valence-corrected chi connectivity index (χ4v) is 1.81. The van der Waals surface area contributed by atoms with Gasteiger partial charge in [0.15, 0.2) is 11.5 Å². The molecule has 1 atom stereocenters. The zero-order chi connectivity index (χ0) is 13.1. The summed E-state index contributed by atoms with van der Waals surface area (Å²) in [5, 5.41) is 12.5. The molecular weight excluding hydrogens is 232 g/mol. The highest BCUT2D eigenvalue weighted by molar-refractivity contribution is 5.84. The van der Waals surface area contributed by atoms with Crippen LogP contribution in [0, 0.1) is 0 Å². The fourth-order valence-electron chi connectivity index (χ4n) is 1.81. The number of fused-ring (bicyclic) bond motifs is 1. The van der Waals surface area contributed by atoms with Gasteiger partial charge < -0.3 is 20.3 Å². The highest BCUT2D eigenvalue weighted by atomic mass is 16.3. The van der Waals surface area contributed by atoms with E-state index in [0.717, 1.165) is 17.9 Å². The van der Waals surface area contributed by atoms with E-state index in [0.29, 0.717) is 18.1 Å². The van der Waals surface area contributed by atoms with Crippen LogP contribution in [0.2, 0.25) is 0 Å². The molecule has 3 N–H and O–H groups in total. The van der Waals surface area contributed by atoms with E-state index >= 15 is 0 Å². The van der Waals surface area contributed by atoms with Crippen LogP contribution in [0.4, 0.5) is 11.8 Å². The minimum absolute atomic E-state index is 0.425. The first kappa shape index (κ1) is 12.6. The van der Waals surface area contributed by atoms with Gasteiger partial charge in [-0.3, -0.25) is 0 Å². The molecule has 0 amide bonds. The molecule has 0 bridgehead atoms. The average molecular weight is 250 g/mol. The third-order valence-electron chi connectivity index (χ3n) is 2.50. The number of anilines is 2. The van der Waals surface area contributed by atoms with Crippen molar-refractivity contribution in [3.8, 4) is 0 Å². The predicted molar refractivity (Wildman–Crippen MR) is 70.8 cm³/mol. The number of aromatic nitrogens is 4. The highest BCUT2D eigenvalue weighted by Crippen LogP contribution is 2.21. The lowest BCUT2D eigenvalue weighted by molar-refractivity contribution is 0.201. The van der Waals surface area contributed by atoms with Gasteiger partial charge in [0.1, 0.15) is 5.52 Å². The molecule has 7 heteroatoms. The summed E-state index contributed by atoms with van der Waals surface area (Å²) in [7, 11) is 1.88. The Kier molecular flexibility index (Phi) is 3.61. The lowest BCUT2D eigenvalue weighted by atomic mass is 10.3. The number of H-pyrrole nitrogens is 1. The summed E-state index contributed by atoms with van der Waals surface area (Å²) in [6.45, 7) is 4.97. The average Bonchev–Trinajstić information content (AvgIpc) is 2.75. The second-order valence-corrected chi connectivity index (χ2v) is 4.23. The Morgan fingerprint density at radius 3 is 2.94 bits per heavy atom. The number of aliphatic hydroxyl groups excluding tert-OH is 1. The van der Waals surface area contributed by atoms with Crippen LogP contribution >= 0.6 is 0 Å². The van der Waals surface area contributed by atoms with Crippen molar-refractivity contribution in [2.75, 3.05) is 30.4 Å². The quantitative estimate of drug-likeness (QED) is 0.720. The Labute approximate surface area is 105 Å². The molecule has 7 nitrogen and oxygen atoms in total. The molecule has 18 heavy (non-hydrogen) atoms. The zero-order valence-corrected chi connectivity index (χ0v) is 10.8. The molecule has 2 aromatic heterocycles. The number of imidazole rings is 1. The van der Waals surface area contributed by atoms with Crippen LogP contribution in [0.25, 0.3) is 11.2 Å². The number of hydrogen-bond acceptors (Lipinski definition) is 6. The van der Waals surface area contributed by atoms with Crippen molar-refractivity contribution in [1.82, 2.24) is 19.9 Å². The minimum Gasteiger partial charge on any atom is -0.392 e. The van der Waals surface area contributed by atoms with E-state index in [4.69, 9.17) is 0 Å². The zero-order valence-electron chi connectivity index (χ0n) is 10.8. The number of likely N-dealkylation sites (N-methyl/N-ethyl adjacent to an activating group) is 1. The van der Waals surface area contributed by atoms with Gasteiger partial charge in [-0.2, -0.15) is 9.97 Å². The first-order valence-corrected chi connectivity index (χ1v) is 5.96. The molecular formula is C11H18N6O. The Morgan fingerprint density at radius 1 is 1.50 bits per heavy atom. The van der Waals surface area contributed by atoms with Crippen molar-refractivity contribution in [3.63, 3.8) is 0 Å². The summed E-state index contributed by atoms with van der Waals surface area (Å²) in [5.74, 6) is 1.28. The van der Waals surface area contributed by atoms with Crippen molar-refractivity contribution in [3.05, 3.63) is 6.33 Å². The molecule has 0 aliphatic carbocycles. The third-order valence-corrected chi connectivity index (χ3v) is 2.50. The lowest BCUT2D eigenvalue weighted by Gasteiger charge is -2.20. The van der Waals surface area contributed by atoms with Crippen molar-refractivity contribution in [1.29, 1.82) is 0 Å². The van der Waals surface area contributed by atoms with Gasteiger partial charge in [-0.25, -0.2) is 4.98 Å². The second kappa shape index (κ2) is 5.18. The molecule has 0 saturated heterocycles. The van der Waals surface area contributed by atoms with E-state index in [-0.39, 0.29) is 0 Å². The monoisotopic (exact) mass is 250 g/mol. The van der Waals surface area contributed by atoms with E-state index in [1.54, 1.807) is 13.3 Å². The van der Waals surface area contributed by atoms with Gasteiger partial charge in [0, 0.05) is 20.1 Å². The molecule has 0 spiro atoms. The van der Waals surface area contributed by atoms with Crippen LogP contribution in [0.5, 0.6) is 0 Å². The largest absolute Gasteiger partial charge is 0.392 e. The predicted octanol–water partition coefficient (Wildman–Crippen LogP) is 0.602. The van der Waals surface area contributed by atoms with Gasteiger partial charge in [0.2, 0.25) is 5.95 Å². The van der Waals surface area contributed by atoms with E-state index < -0.39 is 6.10 Å². The Hall–Kier alpha value is -1.89. The van der Waals surface area contributed by atoms with Crippen LogP contribution in [0.15, 0.2) is 6.33 Å². The molecule has 0 radical (unpaired) electrons. The van der Waals surface area contributed by atoms with Crippen LogP contribution < -0.4 is 10.2 Å². The molecule has 1 unspecified atom stereocenters. The van der Waals surface area contributed by atoms with E-state index in [9.17, 15) is 5.11 Å². The number of aliphatic hydroxyl groups is 1. The Bertz CT molecular complexity index is 523. The first-order chi connectivity index (χ1) is 8.61. The maximum absolute atomic E-state index is 9.45. The normalized spacial score (nSPS) is 12.7. The summed E-state index contributed by atoms with van der Waals surface area (Å²) in [5.41, 5.74) is 1.40. The van der Waals surface area contributed by atoms with E-state index in [1.807, 2.05) is 18.9 Å². The molecule has 0 saturated carbocycles. The van der Waals surface area contributed by atoms with Gasteiger partial charge in [-0.05, 0) is 13.8 Å². The fraction of sp³-hybridized carbons (Fsp3) is 0.545. The number of hydrogen-bond donors (Lipinski definition) is 3. The summed E-state index contributed by atoms with van der Waals surface area (Å²) in [4.78, 5) is 17.8. The highest BCUT2D eigenvalue weighted by Gasteiger charge is 2.14.